The first-order chi connectivity index (χ1) is 14.2. The van der Waals surface area contributed by atoms with Crippen molar-refractivity contribution in [2.45, 2.75) is 51.4 Å². The predicted octanol–water partition coefficient (Wildman–Crippen LogP) is 3.82. The van der Waals surface area contributed by atoms with Gasteiger partial charge in [-0.2, -0.15) is 0 Å². The number of hydrogen-bond donors (Lipinski definition) is 1. The van der Waals surface area contributed by atoms with Crippen LogP contribution < -0.4 is 5.32 Å². The molecule has 2 aliphatic rings. The highest BCUT2D eigenvalue weighted by atomic mass is 127. The molecule has 0 unspecified atom stereocenters. The first kappa shape index (κ1) is 25.4. The Balaban J connectivity index is 0.00000320. The average Bonchev–Trinajstić information content (AvgIpc) is 2.78. The molecule has 0 aliphatic carbocycles. The van der Waals surface area contributed by atoms with Gasteiger partial charge in [0.2, 0.25) is 0 Å². The van der Waals surface area contributed by atoms with Crippen molar-refractivity contribution in [2.24, 2.45) is 10.9 Å². The fourth-order valence-electron chi connectivity index (χ4n) is 3.97. The van der Waals surface area contributed by atoms with E-state index in [4.69, 9.17) is 14.2 Å². The maximum atomic E-state index is 6.06. The highest BCUT2D eigenvalue weighted by Crippen LogP contribution is 2.18. The fraction of sp³-hybridized carbons (Fsp3) is 0.696. The zero-order chi connectivity index (χ0) is 20.3. The first-order valence-corrected chi connectivity index (χ1v) is 11.0. The van der Waals surface area contributed by atoms with Crippen LogP contribution in [0.4, 0.5) is 0 Å². The number of guanidine groups is 1. The second kappa shape index (κ2) is 14.2. The summed E-state index contributed by atoms with van der Waals surface area (Å²) in [5.41, 5.74) is 2.47. The smallest absolute Gasteiger partial charge is 0.193 e. The van der Waals surface area contributed by atoms with Crippen LogP contribution in [0.3, 0.4) is 0 Å². The summed E-state index contributed by atoms with van der Waals surface area (Å²) in [6.45, 7) is 5.90. The minimum atomic E-state index is 0. The van der Waals surface area contributed by atoms with E-state index in [0.29, 0.717) is 12.7 Å². The standard InChI is InChI=1S/C23H37N3O3.HI/c1-24-23(26(2)11-6-19-7-12-27-13-8-19)25-17-20-4-3-5-21(16-20)18-29-22-9-14-28-15-10-22;/h3-5,16,19,22H,6-15,17-18H2,1-2H3,(H,24,25);1H. The number of hydrogen-bond acceptors (Lipinski definition) is 4. The number of ether oxygens (including phenoxy) is 3. The summed E-state index contributed by atoms with van der Waals surface area (Å²) in [6, 6.07) is 8.62. The van der Waals surface area contributed by atoms with E-state index in [9.17, 15) is 0 Å². The molecule has 2 fully saturated rings. The molecule has 7 heteroatoms. The lowest BCUT2D eigenvalue weighted by Crippen LogP contribution is -2.39. The minimum absolute atomic E-state index is 0. The van der Waals surface area contributed by atoms with Crippen molar-refractivity contribution in [3.8, 4) is 0 Å². The summed E-state index contributed by atoms with van der Waals surface area (Å²) in [6.07, 6.45) is 5.88. The molecule has 0 aromatic heterocycles. The van der Waals surface area contributed by atoms with E-state index in [1.807, 2.05) is 7.05 Å². The first-order valence-electron chi connectivity index (χ1n) is 11.0. The van der Waals surface area contributed by atoms with Crippen LogP contribution in [0.25, 0.3) is 0 Å². The average molecular weight is 531 g/mol. The normalized spacial score (nSPS) is 18.7. The summed E-state index contributed by atoms with van der Waals surface area (Å²) in [4.78, 5) is 6.69. The molecule has 0 amide bonds. The Kier molecular flexibility index (Phi) is 12.0. The van der Waals surface area contributed by atoms with Crippen LogP contribution in [0.1, 0.15) is 43.2 Å². The molecule has 30 heavy (non-hydrogen) atoms. The zero-order valence-corrected chi connectivity index (χ0v) is 20.8. The predicted molar refractivity (Wildman–Crippen MR) is 131 cm³/mol. The lowest BCUT2D eigenvalue weighted by Gasteiger charge is -2.27. The monoisotopic (exact) mass is 531 g/mol. The molecule has 0 saturated carbocycles. The summed E-state index contributed by atoms with van der Waals surface area (Å²) in [5, 5.41) is 3.50. The van der Waals surface area contributed by atoms with E-state index in [2.05, 4.69) is 46.5 Å². The van der Waals surface area contributed by atoms with Crippen molar-refractivity contribution in [1.82, 2.24) is 10.2 Å². The van der Waals surface area contributed by atoms with Crippen molar-refractivity contribution < 1.29 is 14.2 Å². The molecule has 3 rings (SSSR count). The number of halogens is 1. The Morgan fingerprint density at radius 2 is 1.77 bits per heavy atom. The minimum Gasteiger partial charge on any atom is -0.381 e. The molecule has 1 aromatic carbocycles. The van der Waals surface area contributed by atoms with Gasteiger partial charge in [-0.3, -0.25) is 4.99 Å². The molecule has 2 heterocycles. The molecule has 0 bridgehead atoms. The molecule has 1 aromatic rings. The van der Waals surface area contributed by atoms with Gasteiger partial charge in [-0.1, -0.05) is 24.3 Å². The molecular formula is C23H38IN3O3. The number of rotatable bonds is 8. The maximum absolute atomic E-state index is 6.06. The third-order valence-corrected chi connectivity index (χ3v) is 5.88. The van der Waals surface area contributed by atoms with Gasteiger partial charge in [-0.15, -0.1) is 24.0 Å². The van der Waals surface area contributed by atoms with Crippen LogP contribution in [-0.4, -0.2) is 64.0 Å². The number of nitrogens with zero attached hydrogens (tertiary/aromatic N) is 2. The third-order valence-electron chi connectivity index (χ3n) is 5.88. The van der Waals surface area contributed by atoms with Gasteiger partial charge in [0.15, 0.2) is 5.96 Å². The fourth-order valence-corrected chi connectivity index (χ4v) is 3.97. The van der Waals surface area contributed by atoms with Gasteiger partial charge in [-0.25, -0.2) is 0 Å². The number of nitrogens with one attached hydrogen (secondary N) is 1. The largest absolute Gasteiger partial charge is 0.381 e. The molecule has 6 nitrogen and oxygen atoms in total. The number of benzene rings is 1. The Morgan fingerprint density at radius 3 is 2.47 bits per heavy atom. The van der Waals surface area contributed by atoms with Gasteiger partial charge < -0.3 is 24.4 Å². The van der Waals surface area contributed by atoms with Gasteiger partial charge in [-0.05, 0) is 49.1 Å². The molecule has 170 valence electrons. The van der Waals surface area contributed by atoms with Crippen LogP contribution in [0.2, 0.25) is 0 Å². The Morgan fingerprint density at radius 1 is 1.10 bits per heavy atom. The van der Waals surface area contributed by atoms with Gasteiger partial charge >= 0.3 is 0 Å². The van der Waals surface area contributed by atoms with E-state index in [0.717, 1.165) is 64.2 Å². The van der Waals surface area contributed by atoms with Crippen LogP contribution >= 0.6 is 24.0 Å². The van der Waals surface area contributed by atoms with E-state index in [-0.39, 0.29) is 24.0 Å². The molecule has 2 aliphatic heterocycles. The van der Waals surface area contributed by atoms with Crippen LogP contribution in [0.5, 0.6) is 0 Å². The lowest BCUT2D eigenvalue weighted by atomic mass is 9.96. The molecule has 0 radical (unpaired) electrons. The van der Waals surface area contributed by atoms with Gasteiger partial charge in [0, 0.05) is 53.6 Å². The van der Waals surface area contributed by atoms with Crippen molar-refractivity contribution in [3.63, 3.8) is 0 Å². The SMILES string of the molecule is CN=C(NCc1cccc(COC2CCOCC2)c1)N(C)CCC1CCOCC1.I. The second-order valence-corrected chi connectivity index (χ2v) is 8.11. The molecule has 1 N–H and O–H groups in total. The highest BCUT2D eigenvalue weighted by molar-refractivity contribution is 14.0. The lowest BCUT2D eigenvalue weighted by molar-refractivity contribution is -0.0390. The maximum Gasteiger partial charge on any atom is 0.193 e. The second-order valence-electron chi connectivity index (χ2n) is 8.11. The zero-order valence-electron chi connectivity index (χ0n) is 18.5. The van der Waals surface area contributed by atoms with Crippen LogP contribution in [0, 0.1) is 5.92 Å². The van der Waals surface area contributed by atoms with E-state index in [1.165, 1.54) is 30.4 Å². The summed E-state index contributed by atoms with van der Waals surface area (Å²) < 4.78 is 16.9. The number of aliphatic imine (C=N–C) groups is 1. The van der Waals surface area contributed by atoms with E-state index < -0.39 is 0 Å². The van der Waals surface area contributed by atoms with E-state index >= 15 is 0 Å². The van der Waals surface area contributed by atoms with E-state index in [1.54, 1.807) is 0 Å². The van der Waals surface area contributed by atoms with Crippen molar-refractivity contribution in [3.05, 3.63) is 35.4 Å². The Labute approximate surface area is 198 Å². The third kappa shape index (κ3) is 8.69. The van der Waals surface area contributed by atoms with Gasteiger partial charge in [0.25, 0.3) is 0 Å². The Hall–Kier alpha value is -0.900. The topological polar surface area (TPSA) is 55.3 Å². The molecule has 0 spiro atoms. The van der Waals surface area contributed by atoms with Crippen molar-refractivity contribution in [1.29, 1.82) is 0 Å². The summed E-state index contributed by atoms with van der Waals surface area (Å²) >= 11 is 0. The van der Waals surface area contributed by atoms with Gasteiger partial charge in [0.1, 0.15) is 0 Å². The van der Waals surface area contributed by atoms with Crippen molar-refractivity contribution in [2.75, 3.05) is 47.1 Å². The molecule has 2 saturated heterocycles. The Bertz CT molecular complexity index is 632. The summed E-state index contributed by atoms with van der Waals surface area (Å²) in [5.74, 6) is 1.72. The quantitative estimate of drug-likeness (QED) is 0.314. The van der Waals surface area contributed by atoms with Crippen molar-refractivity contribution >= 4 is 29.9 Å². The van der Waals surface area contributed by atoms with Crippen LogP contribution in [-0.2, 0) is 27.4 Å². The summed E-state index contributed by atoms with van der Waals surface area (Å²) in [7, 11) is 3.97. The highest BCUT2D eigenvalue weighted by Gasteiger charge is 2.16. The molecule has 0 atom stereocenters. The molecular weight excluding hydrogens is 493 g/mol. The van der Waals surface area contributed by atoms with Gasteiger partial charge in [0.05, 0.1) is 12.7 Å². The van der Waals surface area contributed by atoms with Crippen LogP contribution in [0.15, 0.2) is 29.3 Å².